The maximum atomic E-state index is 12.6. The van der Waals surface area contributed by atoms with Gasteiger partial charge in [0.2, 0.25) is 5.91 Å². The number of nitrogens with two attached hydrogens (primary N) is 1. The van der Waals surface area contributed by atoms with Crippen LogP contribution in [0.1, 0.15) is 44.3 Å². The summed E-state index contributed by atoms with van der Waals surface area (Å²) in [4.78, 5) is 53.2. The smallest absolute Gasteiger partial charge is 0.411 e. The molecule has 2 aromatic rings. The van der Waals surface area contributed by atoms with E-state index < -0.39 is 37.0 Å². The van der Waals surface area contributed by atoms with Crippen LogP contribution in [0, 0.1) is 5.92 Å². The van der Waals surface area contributed by atoms with Crippen LogP contribution in [0.4, 0.5) is 10.6 Å². The molecule has 5 N–H and O–H groups in total. The minimum atomic E-state index is -1.38. The molecule has 3 atom stereocenters. The van der Waals surface area contributed by atoms with Crippen LogP contribution in [0.2, 0.25) is 0 Å². The Kier molecular flexibility index (Phi) is 8.32. The number of nitrogen functional groups attached to an aromatic ring is 1. The van der Waals surface area contributed by atoms with Crippen molar-refractivity contribution in [3.8, 4) is 0 Å². The van der Waals surface area contributed by atoms with Crippen molar-refractivity contribution in [2.45, 2.75) is 76.2 Å². The van der Waals surface area contributed by atoms with Crippen LogP contribution >= 0.6 is 0 Å². The first-order valence-electron chi connectivity index (χ1n) is 13.6. The molecule has 0 bridgehead atoms. The van der Waals surface area contributed by atoms with Gasteiger partial charge in [-0.05, 0) is 31.6 Å². The molecule has 0 radical (unpaired) electrons. The topological polar surface area (TPSA) is 198 Å². The van der Waals surface area contributed by atoms with Crippen molar-refractivity contribution in [3.63, 3.8) is 0 Å². The van der Waals surface area contributed by atoms with E-state index in [9.17, 15) is 24.6 Å². The molecule has 5 rings (SSSR count). The Morgan fingerprint density at radius 3 is 2.60 bits per heavy atom. The molecule has 40 heavy (non-hydrogen) atoms. The van der Waals surface area contributed by atoms with Crippen LogP contribution in [0.25, 0.3) is 11.2 Å². The molecule has 15 heteroatoms. The highest BCUT2D eigenvalue weighted by molar-refractivity contribution is 5.82. The number of likely N-dealkylation sites (tertiary alicyclic amines) is 2. The molecule has 2 aliphatic heterocycles. The third-order valence-corrected chi connectivity index (χ3v) is 7.66. The molecule has 4 heterocycles. The lowest BCUT2D eigenvalue weighted by molar-refractivity contribution is -0.147. The number of imidazole rings is 1. The van der Waals surface area contributed by atoms with Gasteiger partial charge in [-0.2, -0.15) is 0 Å². The molecule has 0 aromatic carbocycles. The fraction of sp³-hybridized carbons (Fsp3) is 0.680. The number of ether oxygens (including phenoxy) is 2. The summed E-state index contributed by atoms with van der Waals surface area (Å²) in [5, 5.41) is 22.3. The predicted octanol–water partition coefficient (Wildman–Crippen LogP) is -0.648. The van der Waals surface area contributed by atoms with E-state index in [1.54, 1.807) is 16.5 Å². The lowest BCUT2D eigenvalue weighted by Crippen LogP contribution is -2.46. The molecule has 2 unspecified atom stereocenters. The van der Waals surface area contributed by atoms with Gasteiger partial charge in [-0.1, -0.05) is 0 Å². The molecule has 1 aliphatic carbocycles. The van der Waals surface area contributed by atoms with Crippen molar-refractivity contribution in [1.29, 1.82) is 0 Å². The number of nitrogens with one attached hydrogen (secondary N) is 1. The maximum Gasteiger partial charge on any atom is 0.411 e. The number of aliphatic hydroxyl groups excluding tert-OH is 2. The summed E-state index contributed by atoms with van der Waals surface area (Å²) in [5.41, 5.74) is 6.99. The predicted molar refractivity (Wildman–Crippen MR) is 139 cm³/mol. The lowest BCUT2D eigenvalue weighted by atomic mass is 9.93. The number of amides is 3. The van der Waals surface area contributed by atoms with E-state index in [2.05, 4.69) is 20.3 Å². The normalized spacial score (nSPS) is 21.6. The Morgan fingerprint density at radius 2 is 1.95 bits per heavy atom. The number of nitrogens with zero attached hydrogens (tertiary/aromatic N) is 6. The highest BCUT2D eigenvalue weighted by Gasteiger charge is 2.34. The second-order valence-corrected chi connectivity index (χ2v) is 10.7. The first-order chi connectivity index (χ1) is 19.2. The van der Waals surface area contributed by atoms with Crippen LogP contribution in [0.15, 0.2) is 6.33 Å². The van der Waals surface area contributed by atoms with Crippen molar-refractivity contribution < 1.29 is 34.1 Å². The zero-order chi connectivity index (χ0) is 28.4. The molecule has 15 nitrogen and oxygen atoms in total. The lowest BCUT2D eigenvalue weighted by Gasteiger charge is -2.32. The third kappa shape index (κ3) is 6.26. The fourth-order valence-corrected chi connectivity index (χ4v) is 5.01. The van der Waals surface area contributed by atoms with Gasteiger partial charge in [0.25, 0.3) is 5.91 Å². The molecular formula is C25H36N8O7. The summed E-state index contributed by atoms with van der Waals surface area (Å²) in [7, 11) is 1.64. The summed E-state index contributed by atoms with van der Waals surface area (Å²) in [5.74, 6) is 0.453. The van der Waals surface area contributed by atoms with Gasteiger partial charge in [-0.25, -0.2) is 19.7 Å². The molecular weight excluding hydrogens is 524 g/mol. The zero-order valence-corrected chi connectivity index (χ0v) is 22.4. The molecule has 3 aliphatic rings. The fourth-order valence-electron chi connectivity index (χ4n) is 5.01. The number of anilines is 1. The third-order valence-electron chi connectivity index (χ3n) is 7.66. The number of hydrogen-bond donors (Lipinski definition) is 4. The number of carbonyl (C=O) groups excluding carboxylic acids is 3. The maximum absolute atomic E-state index is 12.6. The Labute approximate surface area is 230 Å². The van der Waals surface area contributed by atoms with Crippen molar-refractivity contribution in [3.05, 3.63) is 12.2 Å². The first kappa shape index (κ1) is 28.0. The van der Waals surface area contributed by atoms with Gasteiger partial charge < -0.3 is 40.5 Å². The molecule has 3 fully saturated rings. The Hall–Kier alpha value is -3.56. The van der Waals surface area contributed by atoms with Gasteiger partial charge in [-0.15, -0.1) is 0 Å². The molecule has 218 valence electrons. The van der Waals surface area contributed by atoms with E-state index in [1.165, 1.54) is 11.2 Å². The highest BCUT2D eigenvalue weighted by atomic mass is 16.6. The monoisotopic (exact) mass is 560 g/mol. The van der Waals surface area contributed by atoms with Crippen LogP contribution in [-0.4, -0.2) is 109 Å². The molecule has 2 saturated heterocycles. The number of aromatic nitrogens is 4. The van der Waals surface area contributed by atoms with E-state index in [1.807, 2.05) is 0 Å². The zero-order valence-electron chi connectivity index (χ0n) is 22.4. The number of aliphatic hydroxyl groups is 2. The standard InChI is InChI=1S/C25H36N8O7/c1-31-18(36)4-5-19(31)40-25(38)32-8-6-14(7-9-32)10-17-29-22(26)20-23(30-17)33(12-27-20)13-39-21(16(35)11-34)24(37)28-15-2-3-15/h12,14-16,19,21,34-35H,2-11,13H2,1H3,(H,28,37)(H2,26,29,30)/t16?,19?,21-/m0/s1. The first-order valence-corrected chi connectivity index (χ1v) is 13.6. The summed E-state index contributed by atoms with van der Waals surface area (Å²) >= 11 is 0. The van der Waals surface area contributed by atoms with Crippen LogP contribution < -0.4 is 11.1 Å². The Balaban J connectivity index is 1.18. The number of carbonyl (C=O) groups is 3. The summed E-state index contributed by atoms with van der Waals surface area (Å²) in [6.07, 6.45) is 2.57. The molecule has 1 saturated carbocycles. The average Bonchev–Trinajstić information content (AvgIpc) is 3.58. The molecule has 0 spiro atoms. The van der Waals surface area contributed by atoms with Gasteiger partial charge in [-0.3, -0.25) is 14.2 Å². The van der Waals surface area contributed by atoms with Crippen molar-refractivity contribution in [1.82, 2.24) is 34.6 Å². The van der Waals surface area contributed by atoms with Crippen molar-refractivity contribution in [2.24, 2.45) is 5.92 Å². The van der Waals surface area contributed by atoms with Crippen LogP contribution in [0.5, 0.6) is 0 Å². The highest BCUT2D eigenvalue weighted by Crippen LogP contribution is 2.25. The minimum Gasteiger partial charge on any atom is -0.425 e. The Morgan fingerprint density at radius 1 is 1.20 bits per heavy atom. The van der Waals surface area contributed by atoms with Gasteiger partial charge in [0.05, 0.1) is 12.9 Å². The quantitative estimate of drug-likeness (QED) is 0.288. The molecule has 2 aromatic heterocycles. The number of piperidine rings is 1. The summed E-state index contributed by atoms with van der Waals surface area (Å²) < 4.78 is 12.8. The minimum absolute atomic E-state index is 0.0257. The summed E-state index contributed by atoms with van der Waals surface area (Å²) in [6.45, 7) is 0.277. The molecule has 3 amide bonds. The van der Waals surface area contributed by atoms with Gasteiger partial charge in [0.15, 0.2) is 23.8 Å². The van der Waals surface area contributed by atoms with Crippen molar-refractivity contribution >= 4 is 34.9 Å². The number of rotatable bonds is 10. The largest absolute Gasteiger partial charge is 0.425 e. The summed E-state index contributed by atoms with van der Waals surface area (Å²) in [6, 6.07) is 0.0749. The van der Waals surface area contributed by atoms with Crippen LogP contribution in [-0.2, 0) is 32.2 Å². The van der Waals surface area contributed by atoms with E-state index >= 15 is 0 Å². The van der Waals surface area contributed by atoms with E-state index in [4.69, 9.17) is 15.2 Å². The average molecular weight is 561 g/mol. The number of fused-ring (bicyclic) bond motifs is 1. The van der Waals surface area contributed by atoms with Crippen molar-refractivity contribution in [2.75, 3.05) is 32.5 Å². The van der Waals surface area contributed by atoms with E-state index in [-0.39, 0.29) is 30.4 Å². The SMILES string of the molecule is CN1C(=O)CCC1OC(=O)N1CCC(Cc2nc(N)c3ncn(CO[C@H](C(=O)NC4CC4)C(O)CO)c3n2)CC1. The van der Waals surface area contributed by atoms with Crippen LogP contribution in [0.3, 0.4) is 0 Å². The van der Waals surface area contributed by atoms with Gasteiger partial charge >= 0.3 is 6.09 Å². The van der Waals surface area contributed by atoms with Gasteiger partial charge in [0.1, 0.15) is 24.2 Å². The van der Waals surface area contributed by atoms with E-state index in [0.717, 1.165) is 25.7 Å². The van der Waals surface area contributed by atoms with Gasteiger partial charge in [0, 0.05) is 45.4 Å². The van der Waals surface area contributed by atoms with E-state index in [0.29, 0.717) is 49.3 Å². The second kappa shape index (κ2) is 11.9. The Bertz CT molecular complexity index is 1240. The number of hydrogen-bond acceptors (Lipinski definition) is 11. The second-order valence-electron chi connectivity index (χ2n) is 10.7.